The molecule has 1 saturated heterocycles. The van der Waals surface area contributed by atoms with Crippen molar-refractivity contribution in [3.63, 3.8) is 0 Å². The molecule has 1 saturated carbocycles. The van der Waals surface area contributed by atoms with E-state index in [-0.39, 0.29) is 0 Å². The summed E-state index contributed by atoms with van der Waals surface area (Å²) in [6, 6.07) is 9.82. The van der Waals surface area contributed by atoms with Gasteiger partial charge in [0.1, 0.15) is 0 Å². The van der Waals surface area contributed by atoms with Gasteiger partial charge in [-0.1, -0.05) is 37.6 Å². The first-order valence-corrected chi connectivity index (χ1v) is 8.81. The number of benzene rings is 1. The second-order valence-electron chi connectivity index (χ2n) is 6.63. The molecular formula is C19H29NO. The first kappa shape index (κ1) is 15.1. The van der Waals surface area contributed by atoms with Crippen molar-refractivity contribution in [3.8, 4) is 0 Å². The van der Waals surface area contributed by atoms with Crippen molar-refractivity contribution in [3.05, 3.63) is 35.4 Å². The summed E-state index contributed by atoms with van der Waals surface area (Å²) in [4.78, 5) is 0. The molecule has 2 heteroatoms. The van der Waals surface area contributed by atoms with Gasteiger partial charge in [0, 0.05) is 12.6 Å². The summed E-state index contributed by atoms with van der Waals surface area (Å²) in [5.74, 6) is 0.832. The first-order chi connectivity index (χ1) is 10.4. The van der Waals surface area contributed by atoms with Crippen LogP contribution in [0.25, 0.3) is 0 Å². The average Bonchev–Trinajstić information content (AvgIpc) is 2.47. The molecule has 0 radical (unpaired) electrons. The Labute approximate surface area is 129 Å². The van der Waals surface area contributed by atoms with Crippen LogP contribution in [0.3, 0.4) is 0 Å². The van der Waals surface area contributed by atoms with E-state index in [1.54, 1.807) is 0 Å². The summed E-state index contributed by atoms with van der Waals surface area (Å²) in [7, 11) is 0. The Balaban J connectivity index is 1.64. The smallest absolute Gasteiger partial charge is 0.0593 e. The van der Waals surface area contributed by atoms with Crippen LogP contribution in [0.4, 0.5) is 0 Å². The summed E-state index contributed by atoms with van der Waals surface area (Å²) >= 11 is 0. The molecule has 3 rings (SSSR count). The number of hydrogen-bond acceptors (Lipinski definition) is 2. The minimum Gasteiger partial charge on any atom is -0.378 e. The van der Waals surface area contributed by atoms with Crippen molar-refractivity contribution >= 4 is 0 Å². The molecule has 2 aliphatic rings. The van der Waals surface area contributed by atoms with E-state index in [2.05, 4.69) is 36.5 Å². The quantitative estimate of drug-likeness (QED) is 0.828. The fourth-order valence-electron chi connectivity index (χ4n) is 3.58. The van der Waals surface area contributed by atoms with E-state index in [0.717, 1.165) is 25.5 Å². The van der Waals surface area contributed by atoms with Crippen molar-refractivity contribution in [2.24, 2.45) is 0 Å². The monoisotopic (exact) mass is 287 g/mol. The Bertz CT molecular complexity index is 418. The van der Waals surface area contributed by atoms with Crippen LogP contribution in [0.2, 0.25) is 0 Å². The maximum atomic E-state index is 5.92. The molecular weight excluding hydrogens is 258 g/mol. The first-order valence-electron chi connectivity index (χ1n) is 8.81. The van der Waals surface area contributed by atoms with Gasteiger partial charge in [0.05, 0.1) is 6.10 Å². The molecule has 1 N–H and O–H groups in total. The highest BCUT2D eigenvalue weighted by atomic mass is 16.5. The minimum absolute atomic E-state index is 0.438. The van der Waals surface area contributed by atoms with E-state index in [1.807, 2.05) is 0 Å². The predicted octanol–water partition coefficient (Wildman–Crippen LogP) is 4.56. The molecule has 0 spiro atoms. The average molecular weight is 287 g/mol. The summed E-state index contributed by atoms with van der Waals surface area (Å²) in [6.45, 7) is 4.16. The fraction of sp³-hybridized carbons (Fsp3) is 0.684. The zero-order chi connectivity index (χ0) is 14.5. The predicted molar refractivity (Wildman–Crippen MR) is 87.7 cm³/mol. The molecule has 1 aromatic rings. The van der Waals surface area contributed by atoms with Gasteiger partial charge < -0.3 is 10.1 Å². The summed E-state index contributed by atoms with van der Waals surface area (Å²) in [6.07, 6.45) is 9.50. The van der Waals surface area contributed by atoms with Crippen molar-refractivity contribution < 1.29 is 4.74 Å². The highest BCUT2D eigenvalue weighted by Crippen LogP contribution is 2.36. The maximum absolute atomic E-state index is 5.92. The molecule has 1 heterocycles. The Morgan fingerprint density at radius 1 is 1.10 bits per heavy atom. The third-order valence-electron chi connectivity index (χ3n) is 5.14. The highest BCUT2D eigenvalue weighted by Gasteiger charge is 2.22. The molecule has 2 unspecified atom stereocenters. The lowest BCUT2D eigenvalue weighted by Crippen LogP contribution is -2.28. The van der Waals surface area contributed by atoms with Crippen LogP contribution in [-0.2, 0) is 4.74 Å². The van der Waals surface area contributed by atoms with E-state index in [4.69, 9.17) is 4.74 Å². The van der Waals surface area contributed by atoms with E-state index in [9.17, 15) is 0 Å². The Kier molecular flexibility index (Phi) is 5.32. The van der Waals surface area contributed by atoms with Crippen LogP contribution < -0.4 is 5.32 Å². The number of nitrogens with one attached hydrogen (secondary N) is 1. The lowest BCUT2D eigenvalue weighted by Gasteiger charge is -2.29. The van der Waals surface area contributed by atoms with Gasteiger partial charge in [-0.15, -0.1) is 0 Å². The highest BCUT2D eigenvalue weighted by molar-refractivity contribution is 5.28. The molecule has 21 heavy (non-hydrogen) atoms. The molecule has 1 aliphatic heterocycles. The molecule has 2 atom stereocenters. The normalized spacial score (nSPS) is 24.5. The summed E-state index contributed by atoms with van der Waals surface area (Å²) in [5.41, 5.74) is 2.96. The van der Waals surface area contributed by atoms with Gasteiger partial charge in [0.15, 0.2) is 0 Å². The molecule has 2 nitrogen and oxygen atoms in total. The van der Waals surface area contributed by atoms with Crippen LogP contribution in [0, 0.1) is 0 Å². The Hall–Kier alpha value is -0.860. The zero-order valence-electron chi connectivity index (χ0n) is 13.3. The van der Waals surface area contributed by atoms with E-state index < -0.39 is 0 Å². The second-order valence-corrected chi connectivity index (χ2v) is 6.63. The standard InChI is InChI=1S/C19H29NO/c1-2-20-19(14-18-8-3-4-13-21-18)17-11-9-16(10-12-17)15-6-5-7-15/h9-12,15,18-20H,2-8,13-14H2,1H3. The van der Waals surface area contributed by atoms with Crippen molar-refractivity contribution in [2.75, 3.05) is 13.2 Å². The maximum Gasteiger partial charge on any atom is 0.0593 e. The third-order valence-corrected chi connectivity index (χ3v) is 5.14. The largest absolute Gasteiger partial charge is 0.378 e. The van der Waals surface area contributed by atoms with Crippen molar-refractivity contribution in [2.45, 2.75) is 69.9 Å². The SMILES string of the molecule is CCNC(CC1CCCCO1)c1ccc(C2CCC2)cc1. The van der Waals surface area contributed by atoms with Crippen LogP contribution in [-0.4, -0.2) is 19.3 Å². The van der Waals surface area contributed by atoms with Gasteiger partial charge >= 0.3 is 0 Å². The van der Waals surface area contributed by atoms with E-state index in [1.165, 1.54) is 49.7 Å². The van der Waals surface area contributed by atoms with Crippen LogP contribution >= 0.6 is 0 Å². The van der Waals surface area contributed by atoms with Gasteiger partial charge in [-0.2, -0.15) is 0 Å². The van der Waals surface area contributed by atoms with Crippen molar-refractivity contribution in [1.29, 1.82) is 0 Å². The molecule has 0 amide bonds. The van der Waals surface area contributed by atoms with Crippen LogP contribution in [0.1, 0.15) is 75.0 Å². The molecule has 2 fully saturated rings. The summed E-state index contributed by atoms with van der Waals surface area (Å²) < 4.78 is 5.92. The van der Waals surface area contributed by atoms with Crippen LogP contribution in [0.5, 0.6) is 0 Å². The number of ether oxygens (including phenoxy) is 1. The van der Waals surface area contributed by atoms with Gasteiger partial charge in [0.2, 0.25) is 0 Å². The van der Waals surface area contributed by atoms with Gasteiger partial charge in [0.25, 0.3) is 0 Å². The molecule has 0 bridgehead atoms. The molecule has 116 valence electrons. The van der Waals surface area contributed by atoms with Gasteiger partial charge in [-0.25, -0.2) is 0 Å². The minimum atomic E-state index is 0.438. The zero-order valence-corrected chi connectivity index (χ0v) is 13.3. The second kappa shape index (κ2) is 7.42. The lowest BCUT2D eigenvalue weighted by atomic mass is 9.79. The molecule has 1 aliphatic carbocycles. The summed E-state index contributed by atoms with van der Waals surface area (Å²) in [5, 5.41) is 3.64. The number of rotatable bonds is 6. The van der Waals surface area contributed by atoms with E-state index >= 15 is 0 Å². The van der Waals surface area contributed by atoms with E-state index in [0.29, 0.717) is 12.1 Å². The van der Waals surface area contributed by atoms with Crippen molar-refractivity contribution in [1.82, 2.24) is 5.32 Å². The molecule has 1 aromatic carbocycles. The fourth-order valence-corrected chi connectivity index (χ4v) is 3.58. The Morgan fingerprint density at radius 2 is 1.90 bits per heavy atom. The topological polar surface area (TPSA) is 21.3 Å². The lowest BCUT2D eigenvalue weighted by molar-refractivity contribution is 0.00514. The third kappa shape index (κ3) is 3.87. The molecule has 0 aromatic heterocycles. The van der Waals surface area contributed by atoms with Crippen LogP contribution in [0.15, 0.2) is 24.3 Å². The number of hydrogen-bond donors (Lipinski definition) is 1. The van der Waals surface area contributed by atoms with Gasteiger partial charge in [-0.3, -0.25) is 0 Å². The Morgan fingerprint density at radius 3 is 2.48 bits per heavy atom. The van der Waals surface area contributed by atoms with Gasteiger partial charge in [-0.05, 0) is 62.1 Å².